The zero-order valence-corrected chi connectivity index (χ0v) is 13.2. The van der Waals surface area contributed by atoms with E-state index in [1.807, 2.05) is 12.1 Å². The predicted molar refractivity (Wildman–Crippen MR) is 86.5 cm³/mol. The van der Waals surface area contributed by atoms with Gasteiger partial charge in [0.15, 0.2) is 0 Å². The lowest BCUT2D eigenvalue weighted by Gasteiger charge is -2.34. The Kier molecular flexibility index (Phi) is 8.65. The molecule has 0 bridgehead atoms. The largest absolute Gasteiger partial charge is 0.508 e. The maximum atomic E-state index is 9.50. The van der Waals surface area contributed by atoms with E-state index in [9.17, 15) is 5.11 Å². The highest BCUT2D eigenvalue weighted by atomic mass is 35.5. The average molecular weight is 321 g/mol. The molecule has 1 aliphatic heterocycles. The lowest BCUT2D eigenvalue weighted by atomic mass is 10.0. The van der Waals surface area contributed by atoms with Gasteiger partial charge in [-0.1, -0.05) is 6.08 Å². The molecule has 1 heterocycles. The van der Waals surface area contributed by atoms with Crippen molar-refractivity contribution in [2.45, 2.75) is 6.04 Å². The van der Waals surface area contributed by atoms with Crippen molar-refractivity contribution in [2.24, 2.45) is 0 Å². The van der Waals surface area contributed by atoms with E-state index >= 15 is 0 Å². The smallest absolute Gasteiger partial charge is 0.127 e. The SMILES string of the molecule is C=C[C@@H](c1ccc(O)cc1OC)N1CCNCC1.Cl.Cl. The Morgan fingerprint density at radius 2 is 2.00 bits per heavy atom. The second-order valence-corrected chi connectivity index (χ2v) is 4.39. The lowest BCUT2D eigenvalue weighted by Crippen LogP contribution is -2.44. The number of phenolic OH excluding ortho intramolecular Hbond substituents is 1. The minimum Gasteiger partial charge on any atom is -0.508 e. The van der Waals surface area contributed by atoms with Crippen LogP contribution in [0.1, 0.15) is 11.6 Å². The van der Waals surface area contributed by atoms with Gasteiger partial charge in [-0.25, -0.2) is 0 Å². The maximum absolute atomic E-state index is 9.50. The molecule has 6 heteroatoms. The Bertz CT molecular complexity index is 424. The van der Waals surface area contributed by atoms with E-state index in [1.165, 1.54) is 0 Å². The van der Waals surface area contributed by atoms with Gasteiger partial charge in [0.05, 0.1) is 13.2 Å². The van der Waals surface area contributed by atoms with Crippen molar-refractivity contribution in [1.82, 2.24) is 10.2 Å². The third kappa shape index (κ3) is 4.28. The van der Waals surface area contributed by atoms with Crippen LogP contribution in [0.25, 0.3) is 0 Å². The van der Waals surface area contributed by atoms with Gasteiger partial charge in [-0.15, -0.1) is 31.4 Å². The van der Waals surface area contributed by atoms with Crippen molar-refractivity contribution in [3.8, 4) is 11.5 Å². The molecular weight excluding hydrogens is 299 g/mol. The average Bonchev–Trinajstić information content (AvgIpc) is 2.42. The topological polar surface area (TPSA) is 44.7 Å². The fraction of sp³-hybridized carbons (Fsp3) is 0.429. The predicted octanol–water partition coefficient (Wildman–Crippen LogP) is 2.38. The molecule has 0 amide bonds. The van der Waals surface area contributed by atoms with Gasteiger partial charge >= 0.3 is 0 Å². The number of benzene rings is 1. The highest BCUT2D eigenvalue weighted by Crippen LogP contribution is 2.32. The van der Waals surface area contributed by atoms with Crippen LogP contribution in [0.3, 0.4) is 0 Å². The number of methoxy groups -OCH3 is 1. The van der Waals surface area contributed by atoms with E-state index in [0.717, 1.165) is 31.7 Å². The van der Waals surface area contributed by atoms with E-state index in [4.69, 9.17) is 4.74 Å². The van der Waals surface area contributed by atoms with Crippen molar-refractivity contribution in [2.75, 3.05) is 33.3 Å². The summed E-state index contributed by atoms with van der Waals surface area (Å²) >= 11 is 0. The van der Waals surface area contributed by atoms with Crippen LogP contribution in [0.2, 0.25) is 0 Å². The molecule has 1 aromatic carbocycles. The van der Waals surface area contributed by atoms with Gasteiger partial charge < -0.3 is 15.2 Å². The van der Waals surface area contributed by atoms with Crippen molar-refractivity contribution in [3.05, 3.63) is 36.4 Å². The number of nitrogens with one attached hydrogen (secondary N) is 1. The summed E-state index contributed by atoms with van der Waals surface area (Å²) in [5, 5.41) is 12.8. The molecule has 1 fully saturated rings. The number of halogens is 2. The van der Waals surface area contributed by atoms with Crippen LogP contribution in [-0.4, -0.2) is 43.3 Å². The van der Waals surface area contributed by atoms with Gasteiger partial charge in [-0.3, -0.25) is 4.90 Å². The molecule has 1 atom stereocenters. The number of nitrogens with zero attached hydrogens (tertiary/aromatic N) is 1. The Morgan fingerprint density at radius 3 is 2.55 bits per heavy atom. The van der Waals surface area contributed by atoms with Gasteiger partial charge in [0.2, 0.25) is 0 Å². The van der Waals surface area contributed by atoms with Crippen molar-refractivity contribution in [3.63, 3.8) is 0 Å². The van der Waals surface area contributed by atoms with Crippen molar-refractivity contribution in [1.29, 1.82) is 0 Å². The standard InChI is InChI=1S/C14H20N2O2.2ClH/c1-3-13(16-8-6-15-7-9-16)12-5-4-11(17)10-14(12)18-2;;/h3-5,10,13,15,17H,1,6-9H2,2H3;2*1H/t13-;;/m0../s1. The second kappa shape index (κ2) is 9.08. The molecule has 0 spiro atoms. The third-order valence-corrected chi connectivity index (χ3v) is 3.30. The molecule has 1 aliphatic rings. The first-order chi connectivity index (χ1) is 8.76. The molecule has 1 saturated heterocycles. The Hall–Kier alpha value is -0.940. The van der Waals surface area contributed by atoms with Crippen LogP contribution in [0.15, 0.2) is 30.9 Å². The van der Waals surface area contributed by atoms with Gasteiger partial charge in [-0.2, -0.15) is 0 Å². The minimum absolute atomic E-state index is 0. The fourth-order valence-corrected chi connectivity index (χ4v) is 2.38. The van der Waals surface area contributed by atoms with Crippen molar-refractivity contribution < 1.29 is 9.84 Å². The molecule has 2 rings (SSSR count). The molecule has 0 unspecified atom stereocenters. The fourth-order valence-electron chi connectivity index (χ4n) is 2.38. The lowest BCUT2D eigenvalue weighted by molar-refractivity contribution is 0.200. The normalized spacial score (nSPS) is 16.4. The number of piperazine rings is 1. The minimum atomic E-state index is 0. The van der Waals surface area contributed by atoms with E-state index in [2.05, 4.69) is 16.8 Å². The van der Waals surface area contributed by atoms with Gasteiger partial charge in [0.25, 0.3) is 0 Å². The summed E-state index contributed by atoms with van der Waals surface area (Å²) in [6.45, 7) is 7.89. The maximum Gasteiger partial charge on any atom is 0.127 e. The molecule has 114 valence electrons. The first-order valence-corrected chi connectivity index (χ1v) is 6.20. The van der Waals surface area contributed by atoms with Crippen molar-refractivity contribution >= 4 is 24.8 Å². The van der Waals surface area contributed by atoms with E-state index in [0.29, 0.717) is 5.75 Å². The summed E-state index contributed by atoms with van der Waals surface area (Å²) < 4.78 is 5.35. The molecular formula is C14H22Cl2N2O2. The first kappa shape index (κ1) is 19.1. The molecule has 2 N–H and O–H groups in total. The highest BCUT2D eigenvalue weighted by molar-refractivity contribution is 5.85. The van der Waals surface area contributed by atoms with Crippen LogP contribution in [0.5, 0.6) is 11.5 Å². The first-order valence-electron chi connectivity index (χ1n) is 6.20. The van der Waals surface area contributed by atoms with E-state index < -0.39 is 0 Å². The molecule has 0 aromatic heterocycles. The molecule has 1 aromatic rings. The summed E-state index contributed by atoms with van der Waals surface area (Å²) in [4.78, 5) is 2.36. The summed E-state index contributed by atoms with van der Waals surface area (Å²) in [6.07, 6.45) is 1.93. The molecule has 0 saturated carbocycles. The summed E-state index contributed by atoms with van der Waals surface area (Å²) in [5.74, 6) is 0.928. The Labute approximate surface area is 132 Å². The van der Waals surface area contributed by atoms with Gasteiger partial charge in [0.1, 0.15) is 11.5 Å². The number of hydrogen-bond acceptors (Lipinski definition) is 4. The van der Waals surface area contributed by atoms with E-state index in [1.54, 1.807) is 19.2 Å². The number of hydrogen-bond donors (Lipinski definition) is 2. The Balaban J connectivity index is 0.00000180. The van der Waals surface area contributed by atoms with Crippen LogP contribution in [0, 0.1) is 0 Å². The molecule has 0 aliphatic carbocycles. The third-order valence-electron chi connectivity index (χ3n) is 3.30. The number of phenols is 1. The molecule has 4 nitrogen and oxygen atoms in total. The zero-order chi connectivity index (χ0) is 13.0. The number of aromatic hydroxyl groups is 1. The molecule has 0 radical (unpaired) electrons. The second-order valence-electron chi connectivity index (χ2n) is 4.39. The summed E-state index contributed by atoms with van der Waals surface area (Å²) in [7, 11) is 1.62. The number of rotatable bonds is 4. The quantitative estimate of drug-likeness (QED) is 0.836. The Morgan fingerprint density at radius 1 is 1.35 bits per heavy atom. The monoisotopic (exact) mass is 320 g/mol. The zero-order valence-electron chi connectivity index (χ0n) is 11.5. The van der Waals surface area contributed by atoms with Crippen LogP contribution < -0.4 is 10.1 Å². The number of ether oxygens (including phenoxy) is 1. The van der Waals surface area contributed by atoms with Gasteiger partial charge in [0, 0.05) is 37.8 Å². The van der Waals surface area contributed by atoms with Crippen LogP contribution in [-0.2, 0) is 0 Å². The van der Waals surface area contributed by atoms with E-state index in [-0.39, 0.29) is 36.6 Å². The van der Waals surface area contributed by atoms with Crippen LogP contribution >= 0.6 is 24.8 Å². The highest BCUT2D eigenvalue weighted by Gasteiger charge is 2.22. The van der Waals surface area contributed by atoms with Gasteiger partial charge in [-0.05, 0) is 12.1 Å². The summed E-state index contributed by atoms with van der Waals surface area (Å²) in [5.41, 5.74) is 1.05. The summed E-state index contributed by atoms with van der Waals surface area (Å²) in [6, 6.07) is 5.37. The molecule has 20 heavy (non-hydrogen) atoms. The van der Waals surface area contributed by atoms with Crippen LogP contribution in [0.4, 0.5) is 0 Å².